The summed E-state index contributed by atoms with van der Waals surface area (Å²) in [6.45, 7) is 6.51. The molecule has 0 aliphatic carbocycles. The van der Waals surface area contributed by atoms with Crippen LogP contribution in [-0.4, -0.2) is 37.9 Å². The van der Waals surface area contributed by atoms with E-state index >= 15 is 0 Å². The smallest absolute Gasteiger partial charge is 0.314 e. The van der Waals surface area contributed by atoms with E-state index in [9.17, 15) is 9.90 Å². The Morgan fingerprint density at radius 2 is 2.15 bits per heavy atom. The van der Waals surface area contributed by atoms with Crippen molar-refractivity contribution in [3.63, 3.8) is 0 Å². The van der Waals surface area contributed by atoms with Gasteiger partial charge in [-0.25, -0.2) is 4.79 Å². The number of aliphatic hydroxyl groups is 1. The van der Waals surface area contributed by atoms with Crippen molar-refractivity contribution >= 4 is 6.03 Å². The van der Waals surface area contributed by atoms with Crippen LogP contribution in [0, 0.1) is 13.8 Å². The van der Waals surface area contributed by atoms with Crippen molar-refractivity contribution < 1.29 is 19.1 Å². The second-order valence-electron chi connectivity index (χ2n) is 5.06. The molecule has 0 saturated carbocycles. The number of methoxy groups -OCH3 is 1. The summed E-state index contributed by atoms with van der Waals surface area (Å²) in [7, 11) is 1.62. The van der Waals surface area contributed by atoms with Gasteiger partial charge in [-0.05, 0) is 33.3 Å². The van der Waals surface area contributed by atoms with Crippen LogP contribution in [0.1, 0.15) is 30.4 Å². The number of amides is 2. The molecule has 3 N–H and O–H groups in total. The van der Waals surface area contributed by atoms with E-state index in [4.69, 9.17) is 9.15 Å². The molecule has 1 rings (SSSR count). The van der Waals surface area contributed by atoms with Crippen molar-refractivity contribution in [1.29, 1.82) is 0 Å². The molecule has 2 amide bonds. The maximum Gasteiger partial charge on any atom is 0.314 e. The molecule has 1 atom stereocenters. The Labute approximate surface area is 119 Å². The average molecular weight is 284 g/mol. The molecule has 0 aliphatic heterocycles. The molecular formula is C14H24N2O4. The average Bonchev–Trinajstić information content (AvgIpc) is 2.72. The molecule has 1 aromatic heterocycles. The first kappa shape index (κ1) is 16.5. The summed E-state index contributed by atoms with van der Waals surface area (Å²) in [4.78, 5) is 11.6. The van der Waals surface area contributed by atoms with Crippen LogP contribution in [0.3, 0.4) is 0 Å². The molecule has 20 heavy (non-hydrogen) atoms. The third-order valence-corrected chi connectivity index (χ3v) is 3.03. The zero-order chi connectivity index (χ0) is 15.2. The molecule has 6 nitrogen and oxygen atoms in total. The number of ether oxygens (including phenoxy) is 1. The Morgan fingerprint density at radius 1 is 1.45 bits per heavy atom. The van der Waals surface area contributed by atoms with E-state index in [2.05, 4.69) is 10.6 Å². The molecule has 6 heteroatoms. The van der Waals surface area contributed by atoms with Gasteiger partial charge in [0.15, 0.2) is 0 Å². The number of furan rings is 1. The van der Waals surface area contributed by atoms with Crippen molar-refractivity contribution in [2.45, 2.75) is 32.8 Å². The van der Waals surface area contributed by atoms with Gasteiger partial charge >= 0.3 is 6.03 Å². The zero-order valence-electron chi connectivity index (χ0n) is 12.6. The highest BCUT2D eigenvalue weighted by Crippen LogP contribution is 2.26. The van der Waals surface area contributed by atoms with Crippen molar-refractivity contribution in [2.24, 2.45) is 0 Å². The minimum atomic E-state index is -1.16. The van der Waals surface area contributed by atoms with E-state index in [1.165, 1.54) is 0 Å². The second kappa shape index (κ2) is 7.31. The third-order valence-electron chi connectivity index (χ3n) is 3.03. The van der Waals surface area contributed by atoms with E-state index in [1.54, 1.807) is 27.0 Å². The fourth-order valence-electron chi connectivity index (χ4n) is 1.99. The number of urea groups is 1. The van der Waals surface area contributed by atoms with Gasteiger partial charge in [0.1, 0.15) is 17.1 Å². The summed E-state index contributed by atoms with van der Waals surface area (Å²) in [5.74, 6) is 1.40. The number of carbonyl (C=O) groups is 1. The minimum Gasteiger partial charge on any atom is -0.466 e. The molecule has 0 saturated heterocycles. The fraction of sp³-hybridized carbons (Fsp3) is 0.643. The van der Waals surface area contributed by atoms with Crippen LogP contribution in [0.5, 0.6) is 0 Å². The molecule has 0 aliphatic rings. The van der Waals surface area contributed by atoms with Gasteiger partial charge in [0.2, 0.25) is 0 Å². The highest BCUT2D eigenvalue weighted by atomic mass is 16.5. The first-order chi connectivity index (χ1) is 9.36. The van der Waals surface area contributed by atoms with Gasteiger partial charge < -0.3 is 24.9 Å². The van der Waals surface area contributed by atoms with Gasteiger partial charge in [-0.3, -0.25) is 0 Å². The van der Waals surface area contributed by atoms with Crippen molar-refractivity contribution in [2.75, 3.05) is 26.8 Å². The maximum atomic E-state index is 11.6. The van der Waals surface area contributed by atoms with Crippen LogP contribution >= 0.6 is 0 Å². The summed E-state index contributed by atoms with van der Waals surface area (Å²) < 4.78 is 10.3. The Bertz CT molecular complexity index is 440. The lowest BCUT2D eigenvalue weighted by atomic mass is 9.96. The van der Waals surface area contributed by atoms with Crippen LogP contribution in [-0.2, 0) is 10.3 Å². The molecule has 0 bridgehead atoms. The highest BCUT2D eigenvalue weighted by Gasteiger charge is 2.28. The molecule has 0 spiro atoms. The van der Waals surface area contributed by atoms with Gasteiger partial charge in [0.25, 0.3) is 0 Å². The second-order valence-corrected chi connectivity index (χ2v) is 5.06. The van der Waals surface area contributed by atoms with E-state index in [0.29, 0.717) is 24.5 Å². The number of rotatable bonds is 7. The lowest BCUT2D eigenvalue weighted by Gasteiger charge is -2.23. The van der Waals surface area contributed by atoms with Crippen LogP contribution in [0.15, 0.2) is 10.5 Å². The van der Waals surface area contributed by atoms with Crippen molar-refractivity contribution in [1.82, 2.24) is 10.6 Å². The first-order valence-corrected chi connectivity index (χ1v) is 6.67. The van der Waals surface area contributed by atoms with Gasteiger partial charge in [-0.15, -0.1) is 0 Å². The summed E-state index contributed by atoms with van der Waals surface area (Å²) in [5.41, 5.74) is -0.471. The van der Waals surface area contributed by atoms with Crippen LogP contribution < -0.4 is 10.6 Å². The van der Waals surface area contributed by atoms with Crippen molar-refractivity contribution in [3.8, 4) is 0 Å². The number of aryl methyl sites for hydroxylation is 2. The normalized spacial score (nSPS) is 13.8. The van der Waals surface area contributed by atoms with Crippen LogP contribution in [0.4, 0.5) is 4.79 Å². The van der Waals surface area contributed by atoms with E-state index < -0.39 is 5.60 Å². The van der Waals surface area contributed by atoms with Gasteiger partial charge in [0.05, 0.1) is 6.54 Å². The SMILES string of the molecule is COCCCNC(=O)NCC(C)(O)c1cc(C)oc1C. The van der Waals surface area contributed by atoms with Crippen LogP contribution in [0.25, 0.3) is 0 Å². The zero-order valence-corrected chi connectivity index (χ0v) is 12.6. The molecule has 1 aromatic rings. The molecule has 0 fully saturated rings. The largest absolute Gasteiger partial charge is 0.466 e. The summed E-state index contributed by atoms with van der Waals surface area (Å²) in [6, 6.07) is 1.48. The quantitative estimate of drug-likeness (QED) is 0.662. The minimum absolute atomic E-state index is 0.114. The van der Waals surface area contributed by atoms with E-state index in [1.807, 2.05) is 6.92 Å². The number of hydrogen-bond acceptors (Lipinski definition) is 4. The highest BCUT2D eigenvalue weighted by molar-refractivity contribution is 5.73. The Kier molecular flexibility index (Phi) is 6.04. The van der Waals surface area contributed by atoms with Gasteiger partial charge in [0, 0.05) is 25.8 Å². The summed E-state index contributed by atoms with van der Waals surface area (Å²) >= 11 is 0. The fourth-order valence-corrected chi connectivity index (χ4v) is 1.99. The van der Waals surface area contributed by atoms with Gasteiger partial charge in [-0.2, -0.15) is 0 Å². The molecule has 0 aromatic carbocycles. The molecule has 0 radical (unpaired) electrons. The predicted octanol–water partition coefficient (Wildman–Crippen LogP) is 1.44. The Balaban J connectivity index is 2.43. The van der Waals surface area contributed by atoms with E-state index in [-0.39, 0.29) is 12.6 Å². The summed E-state index contributed by atoms with van der Waals surface area (Å²) in [5, 5.41) is 15.8. The standard InChI is InChI=1S/C14H24N2O4/c1-10-8-12(11(2)20-10)14(3,18)9-16-13(17)15-6-5-7-19-4/h8,18H,5-7,9H2,1-4H3,(H2,15,16,17). The molecular weight excluding hydrogens is 260 g/mol. The Hall–Kier alpha value is -1.53. The number of carbonyl (C=O) groups excluding carboxylic acids is 1. The van der Waals surface area contributed by atoms with E-state index in [0.717, 1.165) is 12.2 Å². The number of nitrogens with one attached hydrogen (secondary N) is 2. The molecule has 1 heterocycles. The molecule has 114 valence electrons. The molecule has 1 unspecified atom stereocenters. The number of hydrogen-bond donors (Lipinski definition) is 3. The lowest BCUT2D eigenvalue weighted by Crippen LogP contribution is -2.43. The van der Waals surface area contributed by atoms with Gasteiger partial charge in [-0.1, -0.05) is 0 Å². The third kappa shape index (κ3) is 4.86. The first-order valence-electron chi connectivity index (χ1n) is 6.67. The Morgan fingerprint density at radius 3 is 2.70 bits per heavy atom. The topological polar surface area (TPSA) is 83.7 Å². The van der Waals surface area contributed by atoms with Crippen LogP contribution in [0.2, 0.25) is 0 Å². The monoisotopic (exact) mass is 284 g/mol. The maximum absolute atomic E-state index is 11.6. The summed E-state index contributed by atoms with van der Waals surface area (Å²) in [6.07, 6.45) is 0.750. The van der Waals surface area contributed by atoms with Crippen molar-refractivity contribution in [3.05, 3.63) is 23.2 Å². The predicted molar refractivity (Wildman–Crippen MR) is 75.6 cm³/mol. The lowest BCUT2D eigenvalue weighted by molar-refractivity contribution is 0.0578.